The van der Waals surface area contributed by atoms with Crippen molar-refractivity contribution in [2.45, 2.75) is 121 Å². The SMILES string of the molecule is CCC(CC(C(=O)[O-])C(CC)C(=O)O)C(=O)OCCC(F)(F)C(F)(F)C(F)(F)C(F)(F)C(F)F.CCC(c1ccccc1)C(C(=O)OCCC(F)(F)C(F)(F)C(F)F)C(C(=O)[O-])C(C(=O)[O-])C(C(=O)[O-])C(C(=O)[O-])C(C)C(=O)O.FF.FF.[Na+].[Na+].[Na+].[Na+].[Na+]. The second kappa shape index (κ2) is 45.4. The molecule has 0 aliphatic rings. The number of aliphatic carboxylic acids is 7. The zero-order valence-electron chi connectivity index (χ0n) is 47.5. The number of esters is 2. The Labute approximate surface area is 595 Å². The second-order valence-corrected chi connectivity index (χ2v) is 17.3. The number of carbonyl (C=O) groups is 9. The molecule has 1 aromatic carbocycles. The van der Waals surface area contributed by atoms with Crippen LogP contribution in [0.15, 0.2) is 30.3 Å². The van der Waals surface area contributed by atoms with Crippen molar-refractivity contribution < 1.29 is 325 Å². The molecule has 1 rings (SSSR count). The van der Waals surface area contributed by atoms with E-state index in [1.165, 1.54) is 51.1 Å². The average Bonchev–Trinajstić information content (AvgIpc) is 3.38. The van der Waals surface area contributed by atoms with E-state index in [2.05, 4.69) is 9.47 Å². The van der Waals surface area contributed by atoms with Gasteiger partial charge in [0.05, 0.1) is 49.7 Å². The summed E-state index contributed by atoms with van der Waals surface area (Å²) in [5.74, 6) is -80.8. The standard InChI is InChI=1S/C27H30F6O12.C18H22F10O6.2F2.5Na/c1-3-13(12-7-5-4-6-8-12)15(24(44)45-10-9-26(30,31)27(32,33)25(28)29)17(22(40)41)18(23(42)43)16(21(38)39)14(20(36)37)11(2)19(34)35;1-3-8(7-10(12(31)32)9(4-2)11(29)30)13(33)34-6-5-15(21,22)17(25,26)18(27,28)16(23,24)14(19)20;2*1-2;;;;;/h4-8,11,13-18,25H,3,9-10H2,1-2H3,(H,34,35)(H,36,37)(H,38,39)(H,40,41)(H,42,43);8-10,14H,3-7H2,1-2H3,(H,29,30)(H,31,32);;;;;;;/q;;;;5*+1/p-5. The predicted molar refractivity (Wildman–Crippen MR) is 219 cm³/mol. The Balaban J connectivity index is -0.000000224. The predicted octanol–water partition coefficient (Wildman–Crippen LogP) is -11.2. The van der Waals surface area contributed by atoms with Crippen molar-refractivity contribution in [1.82, 2.24) is 0 Å². The van der Waals surface area contributed by atoms with Gasteiger partial charge in [-0.1, -0.05) is 58.0 Å². The molecule has 0 amide bonds. The fraction of sp³-hybridized carbons (Fsp3) is 0.667. The summed E-state index contributed by atoms with van der Waals surface area (Å²) in [6, 6.07) is 6.60. The van der Waals surface area contributed by atoms with Crippen LogP contribution in [-0.4, -0.2) is 126 Å². The van der Waals surface area contributed by atoms with Crippen LogP contribution in [0.5, 0.6) is 0 Å². The van der Waals surface area contributed by atoms with E-state index in [0.29, 0.717) is 6.92 Å². The Morgan fingerprint density at radius 3 is 1.15 bits per heavy atom. The summed E-state index contributed by atoms with van der Waals surface area (Å²) < 4.78 is 250. The minimum atomic E-state index is -7.18. The molecule has 480 valence electrons. The molecule has 88 heavy (non-hydrogen) atoms. The molecule has 2 N–H and O–H groups in total. The van der Waals surface area contributed by atoms with Crippen LogP contribution < -0.4 is 173 Å². The van der Waals surface area contributed by atoms with Crippen LogP contribution in [0.25, 0.3) is 0 Å². The van der Waals surface area contributed by atoms with E-state index >= 15 is 0 Å². The molecule has 0 bridgehead atoms. The number of rotatable bonds is 34. The third-order valence-corrected chi connectivity index (χ3v) is 12.5. The molecule has 0 heterocycles. The first-order valence-electron chi connectivity index (χ1n) is 22.9. The van der Waals surface area contributed by atoms with E-state index in [1.54, 1.807) is 0 Å². The van der Waals surface area contributed by atoms with Crippen LogP contribution in [-0.2, 0) is 52.6 Å². The first-order valence-corrected chi connectivity index (χ1v) is 22.9. The van der Waals surface area contributed by atoms with Gasteiger partial charge in [0.1, 0.15) is 0 Å². The topological polar surface area (TPSA) is 328 Å². The van der Waals surface area contributed by atoms with Crippen molar-refractivity contribution in [2.75, 3.05) is 13.2 Å². The van der Waals surface area contributed by atoms with Gasteiger partial charge in [-0.25, -0.2) is 17.6 Å². The number of halogens is 20. The maximum absolute atomic E-state index is 13.8. The molecule has 18 nitrogen and oxygen atoms in total. The molecule has 0 aromatic heterocycles. The van der Waals surface area contributed by atoms with Gasteiger partial charge in [-0.15, -0.1) is 0 Å². The van der Waals surface area contributed by atoms with E-state index in [9.17, 15) is 144 Å². The summed E-state index contributed by atoms with van der Waals surface area (Å²) >= 11 is 0. The molecule has 10 unspecified atom stereocenters. The molecule has 0 fully saturated rings. The van der Waals surface area contributed by atoms with Crippen molar-refractivity contribution in [2.24, 2.45) is 53.3 Å². The molecule has 0 saturated heterocycles. The van der Waals surface area contributed by atoms with E-state index in [0.717, 1.165) is 0 Å². The van der Waals surface area contributed by atoms with Gasteiger partial charge in [0.25, 0.3) is 0 Å². The molecule has 0 saturated carbocycles. The molecule has 43 heteroatoms. The molecule has 0 aliphatic heterocycles. The fourth-order valence-electron chi connectivity index (χ4n) is 7.95. The van der Waals surface area contributed by atoms with Crippen LogP contribution in [0.3, 0.4) is 0 Å². The second-order valence-electron chi connectivity index (χ2n) is 17.3. The first-order chi connectivity index (χ1) is 37.9. The molecule has 0 spiro atoms. The maximum Gasteiger partial charge on any atom is 1.00 e. The average molecular weight is 1370 g/mol. The number of hydrogen-bond acceptors (Lipinski definition) is 16. The van der Waals surface area contributed by atoms with Crippen LogP contribution in [0, 0.1) is 53.3 Å². The number of benzene rings is 1. The van der Waals surface area contributed by atoms with Crippen molar-refractivity contribution in [3.8, 4) is 0 Å². The Morgan fingerprint density at radius 2 is 0.830 bits per heavy atom. The molecular formula is C45H47F20Na5O18. The Hall–Kier alpha value is -1.95. The van der Waals surface area contributed by atoms with Gasteiger partial charge < -0.3 is 69.2 Å². The van der Waals surface area contributed by atoms with Gasteiger partial charge in [0.2, 0.25) is 0 Å². The van der Waals surface area contributed by atoms with Gasteiger partial charge in [-0.05, 0) is 37.2 Å². The zero-order valence-corrected chi connectivity index (χ0v) is 57.5. The smallest absolute Gasteiger partial charge is 0.550 e. The summed E-state index contributed by atoms with van der Waals surface area (Å²) in [6.45, 7) is 0.925. The van der Waals surface area contributed by atoms with Gasteiger partial charge >= 0.3 is 220 Å². The van der Waals surface area contributed by atoms with Crippen LogP contribution >= 0.6 is 0 Å². The van der Waals surface area contributed by atoms with Crippen molar-refractivity contribution >= 4 is 53.7 Å². The van der Waals surface area contributed by atoms with Crippen LogP contribution in [0.2, 0.25) is 0 Å². The largest absolute Gasteiger partial charge is 1.00 e. The van der Waals surface area contributed by atoms with Gasteiger partial charge in [-0.3, -0.25) is 19.2 Å². The molecule has 1 aromatic rings. The quantitative estimate of drug-likeness (QED) is 0.0368. The Bertz CT molecular complexity index is 2310. The molecule has 10 atom stereocenters. The molecular weight excluding hydrogens is 1320 g/mol. The van der Waals surface area contributed by atoms with E-state index in [-0.39, 0.29) is 173 Å². The summed E-state index contributed by atoms with van der Waals surface area (Å²) in [5.41, 5.74) is 0.0141. The number of ether oxygens (including phenoxy) is 2. The number of carboxylic acids is 7. The summed E-state index contributed by atoms with van der Waals surface area (Å²) in [7, 11) is 0. The van der Waals surface area contributed by atoms with Crippen molar-refractivity contribution in [1.29, 1.82) is 0 Å². The maximum atomic E-state index is 13.8. The zero-order chi connectivity index (χ0) is 66.3. The van der Waals surface area contributed by atoms with Crippen LogP contribution in [0.4, 0.5) is 88.5 Å². The third kappa shape index (κ3) is 27.2. The Kier molecular flexibility index (Phi) is 52.7. The number of hydrogen-bond donors (Lipinski definition) is 2. The molecule has 0 aliphatic carbocycles. The summed E-state index contributed by atoms with van der Waals surface area (Å²) in [4.78, 5) is 108. The monoisotopic (exact) mass is 1370 g/mol. The van der Waals surface area contributed by atoms with Crippen molar-refractivity contribution in [3.63, 3.8) is 0 Å². The van der Waals surface area contributed by atoms with E-state index < -0.39 is 194 Å². The minimum absolute atomic E-state index is 0. The van der Waals surface area contributed by atoms with Crippen molar-refractivity contribution in [3.05, 3.63) is 35.9 Å². The van der Waals surface area contributed by atoms with E-state index in [4.69, 9.17) is 23.4 Å². The first kappa shape index (κ1) is 102. The number of carbonyl (C=O) groups excluding carboxylic acids is 7. The summed E-state index contributed by atoms with van der Waals surface area (Å²) in [6.07, 6.45) is -16.5. The minimum Gasteiger partial charge on any atom is -0.550 e. The molecule has 0 radical (unpaired) electrons. The van der Waals surface area contributed by atoms with Crippen LogP contribution in [0.1, 0.15) is 77.7 Å². The third-order valence-electron chi connectivity index (χ3n) is 12.5. The fourth-order valence-corrected chi connectivity index (χ4v) is 7.95. The van der Waals surface area contributed by atoms with Gasteiger partial charge in [0.15, 0.2) is 0 Å². The Morgan fingerprint density at radius 1 is 0.466 bits per heavy atom. The van der Waals surface area contributed by atoms with Gasteiger partial charge in [0, 0.05) is 77.7 Å². The number of carboxylic acid groups (broad SMARTS) is 7. The van der Waals surface area contributed by atoms with E-state index in [1.807, 2.05) is 0 Å². The normalized spacial score (nSPS) is 15.0. The summed E-state index contributed by atoms with van der Waals surface area (Å²) in [5, 5.41) is 78.5. The number of alkyl halides is 16. The van der Waals surface area contributed by atoms with Gasteiger partial charge in [-0.2, -0.15) is 52.7 Å².